The van der Waals surface area contributed by atoms with Crippen LogP contribution < -0.4 is 10.6 Å². The van der Waals surface area contributed by atoms with Crippen LogP contribution in [0, 0.1) is 12.8 Å². The van der Waals surface area contributed by atoms with Crippen LogP contribution in [0.2, 0.25) is 0 Å². The highest BCUT2D eigenvalue weighted by atomic mass is 19.1. The lowest BCUT2D eigenvalue weighted by Gasteiger charge is -2.15. The second kappa shape index (κ2) is 9.35. The standard InChI is InChI=1S/C23H25FN6O2/c1-3-5-20(31)18-8-13(2)19(11-26-18)29-22-14(6-4-7-25-22)17-10-21(28-12-27-17)30-23(32)15-9-16(15)24/h4,6-8,10-12,15-16,20,31H,3,5,9H2,1-2H3,(H,25,29)(H,27,28,30,32)/t15-,16+,20-/m0/s1. The molecule has 3 N–H and O–H groups in total. The number of rotatable bonds is 8. The lowest BCUT2D eigenvalue weighted by Crippen LogP contribution is -2.16. The predicted octanol–water partition coefficient (Wildman–Crippen LogP) is 4.12. The molecule has 9 heteroatoms. The van der Waals surface area contributed by atoms with Crippen LogP contribution in [0.25, 0.3) is 11.3 Å². The molecule has 0 spiro atoms. The third-order valence-electron chi connectivity index (χ3n) is 5.34. The van der Waals surface area contributed by atoms with E-state index in [9.17, 15) is 14.3 Å². The zero-order valence-electron chi connectivity index (χ0n) is 17.9. The van der Waals surface area contributed by atoms with Gasteiger partial charge in [0.2, 0.25) is 5.91 Å². The smallest absolute Gasteiger partial charge is 0.231 e. The number of pyridine rings is 2. The van der Waals surface area contributed by atoms with Crippen molar-refractivity contribution >= 4 is 23.2 Å². The first-order valence-electron chi connectivity index (χ1n) is 10.6. The monoisotopic (exact) mass is 436 g/mol. The Labute approximate surface area is 185 Å². The van der Waals surface area contributed by atoms with Crippen LogP contribution in [-0.2, 0) is 4.79 Å². The van der Waals surface area contributed by atoms with E-state index in [2.05, 4.69) is 30.6 Å². The lowest BCUT2D eigenvalue weighted by atomic mass is 10.1. The van der Waals surface area contributed by atoms with E-state index in [1.807, 2.05) is 26.0 Å². The summed E-state index contributed by atoms with van der Waals surface area (Å²) < 4.78 is 13.1. The van der Waals surface area contributed by atoms with Crippen LogP contribution in [0.4, 0.5) is 21.7 Å². The number of hydrogen-bond donors (Lipinski definition) is 3. The maximum atomic E-state index is 13.1. The molecule has 166 valence electrons. The van der Waals surface area contributed by atoms with Gasteiger partial charge in [0, 0.05) is 17.8 Å². The molecule has 0 aliphatic heterocycles. The summed E-state index contributed by atoms with van der Waals surface area (Å²) in [5.41, 5.74) is 3.57. The van der Waals surface area contributed by atoms with Crippen molar-refractivity contribution in [2.24, 2.45) is 5.92 Å². The number of hydrogen-bond acceptors (Lipinski definition) is 7. The molecule has 0 bridgehead atoms. The number of halogens is 1. The van der Waals surface area contributed by atoms with Gasteiger partial charge in [0.05, 0.1) is 35.3 Å². The van der Waals surface area contributed by atoms with Gasteiger partial charge in [-0.3, -0.25) is 9.78 Å². The number of nitrogens with zero attached hydrogens (tertiary/aromatic N) is 4. The van der Waals surface area contributed by atoms with Crippen LogP contribution in [0.1, 0.15) is 43.5 Å². The van der Waals surface area contributed by atoms with Crippen molar-refractivity contribution < 1.29 is 14.3 Å². The minimum Gasteiger partial charge on any atom is -0.387 e. The molecule has 0 unspecified atom stereocenters. The average molecular weight is 436 g/mol. The van der Waals surface area contributed by atoms with Crippen molar-refractivity contribution in [1.29, 1.82) is 0 Å². The molecule has 3 aromatic rings. The Bertz CT molecular complexity index is 1130. The molecule has 3 heterocycles. The molecule has 1 amide bonds. The molecule has 8 nitrogen and oxygen atoms in total. The summed E-state index contributed by atoms with van der Waals surface area (Å²) in [6, 6.07) is 7.13. The lowest BCUT2D eigenvalue weighted by molar-refractivity contribution is -0.117. The van der Waals surface area contributed by atoms with Gasteiger partial charge in [0.1, 0.15) is 24.1 Å². The van der Waals surface area contributed by atoms with Gasteiger partial charge >= 0.3 is 0 Å². The minimum absolute atomic E-state index is 0.252. The fraction of sp³-hybridized carbons (Fsp3) is 0.348. The molecule has 3 aromatic heterocycles. The highest BCUT2D eigenvalue weighted by Gasteiger charge is 2.43. The van der Waals surface area contributed by atoms with Crippen molar-refractivity contribution in [2.75, 3.05) is 10.6 Å². The maximum absolute atomic E-state index is 13.1. The van der Waals surface area contributed by atoms with Gasteiger partial charge in [-0.05, 0) is 43.5 Å². The SMILES string of the molecule is CCC[C@H](O)c1cc(C)c(Nc2ncccc2-c2cc(NC(=O)[C@H]3C[C@H]3F)ncn2)cn1. The number of aliphatic hydroxyl groups excluding tert-OH is 1. The van der Waals surface area contributed by atoms with E-state index >= 15 is 0 Å². The topological polar surface area (TPSA) is 113 Å². The van der Waals surface area contributed by atoms with Crippen LogP contribution in [-0.4, -0.2) is 37.1 Å². The first-order valence-corrected chi connectivity index (χ1v) is 10.6. The molecule has 0 saturated heterocycles. The van der Waals surface area contributed by atoms with E-state index < -0.39 is 18.2 Å². The fourth-order valence-electron chi connectivity index (χ4n) is 3.38. The number of amides is 1. The number of carbonyl (C=O) groups is 1. The fourth-order valence-corrected chi connectivity index (χ4v) is 3.38. The van der Waals surface area contributed by atoms with Crippen molar-refractivity contribution in [3.8, 4) is 11.3 Å². The van der Waals surface area contributed by atoms with Gasteiger partial charge in [0.25, 0.3) is 0 Å². The average Bonchev–Trinajstić information content (AvgIpc) is 3.52. The Hall–Kier alpha value is -3.46. The van der Waals surface area contributed by atoms with Crippen LogP contribution in [0.5, 0.6) is 0 Å². The van der Waals surface area contributed by atoms with E-state index in [1.54, 1.807) is 24.5 Å². The number of aryl methyl sites for hydroxylation is 1. The molecule has 32 heavy (non-hydrogen) atoms. The van der Waals surface area contributed by atoms with Gasteiger partial charge in [-0.2, -0.15) is 0 Å². The molecule has 0 aromatic carbocycles. The summed E-state index contributed by atoms with van der Waals surface area (Å²) in [6.45, 7) is 3.95. The Morgan fingerprint density at radius 3 is 2.81 bits per heavy atom. The van der Waals surface area contributed by atoms with Gasteiger partial charge in [-0.1, -0.05) is 13.3 Å². The first-order chi connectivity index (χ1) is 15.5. The number of aliphatic hydroxyl groups is 1. The highest BCUT2D eigenvalue weighted by molar-refractivity contribution is 5.94. The van der Waals surface area contributed by atoms with E-state index in [0.29, 0.717) is 35.0 Å². The van der Waals surface area contributed by atoms with E-state index in [-0.39, 0.29) is 12.3 Å². The number of carbonyl (C=O) groups excluding carboxylic acids is 1. The second-order valence-electron chi connectivity index (χ2n) is 7.89. The molecule has 3 atom stereocenters. The van der Waals surface area contributed by atoms with Crippen molar-refractivity contribution in [3.05, 3.63) is 54.2 Å². The molecule has 1 aliphatic carbocycles. The zero-order chi connectivity index (χ0) is 22.7. The normalized spacial score (nSPS) is 18.1. The number of aromatic nitrogens is 4. The summed E-state index contributed by atoms with van der Waals surface area (Å²) in [7, 11) is 0. The summed E-state index contributed by atoms with van der Waals surface area (Å²) in [5, 5.41) is 16.1. The summed E-state index contributed by atoms with van der Waals surface area (Å²) >= 11 is 0. The van der Waals surface area contributed by atoms with Crippen LogP contribution >= 0.6 is 0 Å². The highest BCUT2D eigenvalue weighted by Crippen LogP contribution is 2.35. The number of alkyl halides is 1. The largest absolute Gasteiger partial charge is 0.387 e. The van der Waals surface area contributed by atoms with Crippen molar-refractivity contribution in [1.82, 2.24) is 19.9 Å². The number of anilines is 3. The van der Waals surface area contributed by atoms with Gasteiger partial charge in [-0.15, -0.1) is 0 Å². The van der Waals surface area contributed by atoms with Crippen molar-refractivity contribution in [3.63, 3.8) is 0 Å². The Balaban J connectivity index is 1.56. The Morgan fingerprint density at radius 2 is 2.09 bits per heavy atom. The molecular weight excluding hydrogens is 411 g/mol. The van der Waals surface area contributed by atoms with Gasteiger partial charge in [-0.25, -0.2) is 19.3 Å². The quantitative estimate of drug-likeness (QED) is 0.487. The maximum Gasteiger partial charge on any atom is 0.231 e. The first kappa shape index (κ1) is 21.8. The Morgan fingerprint density at radius 1 is 1.28 bits per heavy atom. The predicted molar refractivity (Wildman–Crippen MR) is 119 cm³/mol. The van der Waals surface area contributed by atoms with Crippen LogP contribution in [0.15, 0.2) is 43.0 Å². The van der Waals surface area contributed by atoms with Crippen LogP contribution in [0.3, 0.4) is 0 Å². The second-order valence-corrected chi connectivity index (χ2v) is 7.89. The zero-order valence-corrected chi connectivity index (χ0v) is 17.9. The molecule has 1 aliphatic rings. The summed E-state index contributed by atoms with van der Waals surface area (Å²) in [6.07, 6.45) is 4.80. The molecule has 1 saturated carbocycles. The molecular formula is C23H25FN6O2. The molecule has 4 rings (SSSR count). The molecule has 0 radical (unpaired) electrons. The van der Waals surface area contributed by atoms with Crippen molar-refractivity contribution in [2.45, 2.75) is 45.4 Å². The van der Waals surface area contributed by atoms with E-state index in [4.69, 9.17) is 0 Å². The summed E-state index contributed by atoms with van der Waals surface area (Å²) in [4.78, 5) is 29.2. The minimum atomic E-state index is -1.07. The van der Waals surface area contributed by atoms with Gasteiger partial charge < -0.3 is 15.7 Å². The van der Waals surface area contributed by atoms with Gasteiger partial charge in [0.15, 0.2) is 0 Å². The summed E-state index contributed by atoms with van der Waals surface area (Å²) in [5.74, 6) is -0.112. The molecule has 1 fully saturated rings. The third kappa shape index (κ3) is 4.88. The van der Waals surface area contributed by atoms with E-state index in [0.717, 1.165) is 17.7 Å². The third-order valence-corrected chi connectivity index (χ3v) is 5.34. The van der Waals surface area contributed by atoms with E-state index in [1.165, 1.54) is 6.33 Å². The Kier molecular flexibility index (Phi) is 6.36. The number of nitrogens with one attached hydrogen (secondary N) is 2.